The number of urea groups is 1. The molecule has 2 rings (SSSR count). The lowest BCUT2D eigenvalue weighted by atomic mass is 10.2. The highest BCUT2D eigenvalue weighted by Crippen LogP contribution is 2.32. The molecule has 3 N–H and O–H groups in total. The van der Waals surface area contributed by atoms with Crippen LogP contribution < -0.4 is 10.6 Å². The van der Waals surface area contributed by atoms with Gasteiger partial charge in [0.05, 0.1) is 17.8 Å². The van der Waals surface area contributed by atoms with Crippen LogP contribution in [0.25, 0.3) is 0 Å². The third-order valence-corrected chi connectivity index (χ3v) is 3.18. The number of aromatic carboxylic acids is 1. The third kappa shape index (κ3) is 3.94. The van der Waals surface area contributed by atoms with Crippen molar-refractivity contribution in [3.63, 3.8) is 0 Å². The second-order valence-corrected chi connectivity index (χ2v) is 4.79. The first-order chi connectivity index (χ1) is 9.06. The molecule has 0 bridgehead atoms. The van der Waals surface area contributed by atoms with Gasteiger partial charge in [-0.15, -0.1) is 0 Å². The summed E-state index contributed by atoms with van der Waals surface area (Å²) in [6.07, 6.45) is 3.76. The topological polar surface area (TPSA) is 91.3 Å². The second-order valence-electron chi connectivity index (χ2n) is 4.79. The predicted molar refractivity (Wildman–Crippen MR) is 68.8 cm³/mol. The zero-order valence-electron chi connectivity index (χ0n) is 10.7. The number of hydrogen-bond acceptors (Lipinski definition) is 3. The SMILES string of the molecule is CC(NC(=O)NCc1cc(C(=O)O)ccn1)C1CC1. The van der Waals surface area contributed by atoms with Gasteiger partial charge in [-0.2, -0.15) is 0 Å². The fourth-order valence-electron chi connectivity index (χ4n) is 1.85. The van der Waals surface area contributed by atoms with Crippen LogP contribution in [0.15, 0.2) is 18.3 Å². The maximum absolute atomic E-state index is 11.6. The first-order valence-electron chi connectivity index (χ1n) is 6.29. The third-order valence-electron chi connectivity index (χ3n) is 3.18. The molecule has 1 fully saturated rings. The monoisotopic (exact) mass is 263 g/mol. The Labute approximate surface area is 111 Å². The molecule has 0 radical (unpaired) electrons. The number of rotatable bonds is 5. The van der Waals surface area contributed by atoms with Crippen LogP contribution in [0.2, 0.25) is 0 Å². The number of amides is 2. The Morgan fingerprint density at radius 2 is 2.26 bits per heavy atom. The largest absolute Gasteiger partial charge is 0.478 e. The molecule has 2 amide bonds. The number of pyridine rings is 1. The van der Waals surface area contributed by atoms with E-state index in [9.17, 15) is 9.59 Å². The van der Waals surface area contributed by atoms with E-state index < -0.39 is 5.97 Å². The van der Waals surface area contributed by atoms with Gasteiger partial charge in [0, 0.05) is 12.2 Å². The minimum atomic E-state index is -1.00. The molecule has 1 saturated carbocycles. The minimum Gasteiger partial charge on any atom is -0.478 e. The van der Waals surface area contributed by atoms with Crippen LogP contribution in [0.5, 0.6) is 0 Å². The first-order valence-corrected chi connectivity index (χ1v) is 6.29. The van der Waals surface area contributed by atoms with Gasteiger partial charge in [-0.25, -0.2) is 9.59 Å². The molecule has 0 spiro atoms. The standard InChI is InChI=1S/C13H17N3O3/c1-8(9-2-3-9)16-13(19)15-7-11-6-10(12(17)18)4-5-14-11/h4-6,8-9H,2-3,7H2,1H3,(H,17,18)(H2,15,16,19). The van der Waals surface area contributed by atoms with Crippen molar-refractivity contribution in [3.8, 4) is 0 Å². The number of nitrogens with one attached hydrogen (secondary N) is 2. The van der Waals surface area contributed by atoms with Crippen molar-refractivity contribution in [3.05, 3.63) is 29.6 Å². The number of aromatic nitrogens is 1. The maximum Gasteiger partial charge on any atom is 0.335 e. The van der Waals surface area contributed by atoms with Gasteiger partial charge in [-0.3, -0.25) is 4.98 Å². The lowest BCUT2D eigenvalue weighted by Gasteiger charge is -2.13. The molecular weight excluding hydrogens is 246 g/mol. The van der Waals surface area contributed by atoms with E-state index in [-0.39, 0.29) is 24.2 Å². The number of carboxylic acid groups (broad SMARTS) is 1. The van der Waals surface area contributed by atoms with Gasteiger partial charge < -0.3 is 15.7 Å². The number of carbonyl (C=O) groups excluding carboxylic acids is 1. The van der Waals surface area contributed by atoms with Crippen molar-refractivity contribution in [2.45, 2.75) is 32.4 Å². The van der Waals surface area contributed by atoms with E-state index in [0.29, 0.717) is 11.6 Å². The quantitative estimate of drug-likeness (QED) is 0.748. The lowest BCUT2D eigenvalue weighted by molar-refractivity contribution is 0.0696. The molecule has 1 aromatic heterocycles. The number of carbonyl (C=O) groups is 2. The van der Waals surface area contributed by atoms with Crippen LogP contribution in [0, 0.1) is 5.92 Å². The highest BCUT2D eigenvalue weighted by atomic mass is 16.4. The molecule has 102 valence electrons. The molecule has 1 atom stereocenters. The molecule has 1 aliphatic carbocycles. The Kier molecular flexibility index (Phi) is 3.99. The molecule has 0 saturated heterocycles. The van der Waals surface area contributed by atoms with Crippen molar-refractivity contribution in [1.82, 2.24) is 15.6 Å². The van der Waals surface area contributed by atoms with Crippen molar-refractivity contribution >= 4 is 12.0 Å². The summed E-state index contributed by atoms with van der Waals surface area (Å²) in [4.78, 5) is 26.4. The highest BCUT2D eigenvalue weighted by molar-refractivity contribution is 5.87. The van der Waals surface area contributed by atoms with Crippen LogP contribution in [0.3, 0.4) is 0 Å². The summed E-state index contributed by atoms with van der Waals surface area (Å²) in [6.45, 7) is 2.20. The van der Waals surface area contributed by atoms with Crippen LogP contribution in [-0.4, -0.2) is 28.1 Å². The molecule has 1 aliphatic rings. The van der Waals surface area contributed by atoms with Crippen LogP contribution in [0.1, 0.15) is 35.8 Å². The van der Waals surface area contributed by atoms with Gasteiger partial charge in [0.25, 0.3) is 0 Å². The van der Waals surface area contributed by atoms with Crippen LogP contribution >= 0.6 is 0 Å². The molecule has 1 unspecified atom stereocenters. The molecular formula is C13H17N3O3. The fraction of sp³-hybridized carbons (Fsp3) is 0.462. The smallest absolute Gasteiger partial charge is 0.335 e. The van der Waals surface area contributed by atoms with E-state index in [4.69, 9.17) is 5.11 Å². The predicted octanol–water partition coefficient (Wildman–Crippen LogP) is 1.38. The molecule has 6 heteroatoms. The summed E-state index contributed by atoms with van der Waals surface area (Å²) in [7, 11) is 0. The molecule has 6 nitrogen and oxygen atoms in total. The number of nitrogens with zero attached hydrogens (tertiary/aromatic N) is 1. The van der Waals surface area contributed by atoms with Gasteiger partial charge in [0.15, 0.2) is 0 Å². The Morgan fingerprint density at radius 1 is 1.53 bits per heavy atom. The molecule has 0 aromatic carbocycles. The van der Waals surface area contributed by atoms with E-state index in [1.54, 1.807) is 0 Å². The molecule has 1 aromatic rings. The maximum atomic E-state index is 11.6. The molecule has 0 aliphatic heterocycles. The van der Waals surface area contributed by atoms with Crippen LogP contribution in [0.4, 0.5) is 4.79 Å². The number of carboxylic acids is 1. The van der Waals surface area contributed by atoms with Gasteiger partial charge in [0.1, 0.15) is 0 Å². The fourth-order valence-corrected chi connectivity index (χ4v) is 1.85. The molecule has 19 heavy (non-hydrogen) atoms. The Bertz CT molecular complexity index is 486. The van der Waals surface area contributed by atoms with Crippen molar-refractivity contribution in [2.75, 3.05) is 0 Å². The van der Waals surface area contributed by atoms with Crippen molar-refractivity contribution < 1.29 is 14.7 Å². The van der Waals surface area contributed by atoms with E-state index in [1.807, 2.05) is 6.92 Å². The first kappa shape index (κ1) is 13.3. The van der Waals surface area contributed by atoms with E-state index in [0.717, 1.165) is 0 Å². The highest BCUT2D eigenvalue weighted by Gasteiger charge is 2.28. The zero-order valence-corrected chi connectivity index (χ0v) is 10.7. The molecule has 1 heterocycles. The van der Waals surface area contributed by atoms with Gasteiger partial charge in [-0.1, -0.05) is 0 Å². The van der Waals surface area contributed by atoms with E-state index >= 15 is 0 Å². The Balaban J connectivity index is 1.82. The summed E-state index contributed by atoms with van der Waals surface area (Å²) in [5.41, 5.74) is 0.688. The normalized spacial score (nSPS) is 15.6. The summed E-state index contributed by atoms with van der Waals surface area (Å²) < 4.78 is 0. The van der Waals surface area contributed by atoms with Gasteiger partial charge >= 0.3 is 12.0 Å². The van der Waals surface area contributed by atoms with E-state index in [2.05, 4.69) is 15.6 Å². The van der Waals surface area contributed by atoms with Crippen molar-refractivity contribution in [2.24, 2.45) is 5.92 Å². The summed E-state index contributed by atoms with van der Waals surface area (Å²) >= 11 is 0. The average Bonchev–Trinajstić information content (AvgIpc) is 3.21. The Hall–Kier alpha value is -2.11. The van der Waals surface area contributed by atoms with Crippen molar-refractivity contribution in [1.29, 1.82) is 0 Å². The summed E-state index contributed by atoms with van der Waals surface area (Å²) in [5, 5.41) is 14.4. The van der Waals surface area contributed by atoms with E-state index in [1.165, 1.54) is 31.2 Å². The average molecular weight is 263 g/mol. The van der Waals surface area contributed by atoms with Crippen LogP contribution in [-0.2, 0) is 6.54 Å². The van der Waals surface area contributed by atoms with Gasteiger partial charge in [0.2, 0.25) is 0 Å². The minimum absolute atomic E-state index is 0.165. The number of hydrogen-bond donors (Lipinski definition) is 3. The zero-order chi connectivity index (χ0) is 13.8. The summed E-state index contributed by atoms with van der Waals surface area (Å²) in [6, 6.07) is 2.80. The Morgan fingerprint density at radius 3 is 2.89 bits per heavy atom. The lowest BCUT2D eigenvalue weighted by Crippen LogP contribution is -2.41. The van der Waals surface area contributed by atoms with Gasteiger partial charge in [-0.05, 0) is 37.8 Å². The summed E-state index contributed by atoms with van der Waals surface area (Å²) in [5.74, 6) is -0.408. The second kappa shape index (κ2) is 5.69.